The topological polar surface area (TPSA) is 49.9 Å². The average molecular weight is 280 g/mol. The Labute approximate surface area is 120 Å². The van der Waals surface area contributed by atoms with Crippen molar-refractivity contribution in [2.45, 2.75) is 70.2 Å². The number of hydrogen-bond acceptors (Lipinski definition) is 3. The normalized spacial score (nSPS) is 38.3. The van der Waals surface area contributed by atoms with E-state index in [9.17, 15) is 9.59 Å². The average Bonchev–Trinajstić information content (AvgIpc) is 2.88. The molecule has 0 spiro atoms. The highest BCUT2D eigenvalue weighted by atomic mass is 16.5. The van der Waals surface area contributed by atoms with Crippen molar-refractivity contribution >= 4 is 11.8 Å². The molecular formula is C15H24N2O3. The summed E-state index contributed by atoms with van der Waals surface area (Å²) in [5.41, 5.74) is 0. The molecule has 0 radical (unpaired) electrons. The first-order valence-electron chi connectivity index (χ1n) is 7.89. The van der Waals surface area contributed by atoms with E-state index in [0.29, 0.717) is 13.0 Å². The van der Waals surface area contributed by atoms with Crippen molar-refractivity contribution in [3.63, 3.8) is 0 Å². The third kappa shape index (κ3) is 2.03. The maximum absolute atomic E-state index is 12.9. The largest absolute Gasteiger partial charge is 0.376 e. The van der Waals surface area contributed by atoms with Gasteiger partial charge in [-0.1, -0.05) is 6.92 Å². The summed E-state index contributed by atoms with van der Waals surface area (Å²) < 4.78 is 5.61. The van der Waals surface area contributed by atoms with Gasteiger partial charge in [-0.05, 0) is 39.0 Å². The third-order valence-electron chi connectivity index (χ3n) is 5.03. The lowest BCUT2D eigenvalue weighted by Gasteiger charge is -2.49. The number of rotatable bonds is 2. The number of carbonyl (C=O) groups excluding carboxylic acids is 2. The van der Waals surface area contributed by atoms with Gasteiger partial charge in [-0.2, -0.15) is 0 Å². The fourth-order valence-corrected chi connectivity index (χ4v) is 3.94. The predicted molar refractivity (Wildman–Crippen MR) is 74.1 cm³/mol. The van der Waals surface area contributed by atoms with Crippen LogP contribution in [0.2, 0.25) is 0 Å². The number of nitrogens with zero attached hydrogens (tertiary/aromatic N) is 2. The molecule has 0 aromatic carbocycles. The fraction of sp³-hybridized carbons (Fsp3) is 0.867. The van der Waals surface area contributed by atoms with E-state index in [-0.39, 0.29) is 36.0 Å². The zero-order valence-corrected chi connectivity index (χ0v) is 12.4. The maximum Gasteiger partial charge on any atom is 0.246 e. The number of piperazine rings is 1. The summed E-state index contributed by atoms with van der Waals surface area (Å²) >= 11 is 0. The minimum absolute atomic E-state index is 0.0379. The van der Waals surface area contributed by atoms with Crippen LogP contribution in [0.15, 0.2) is 0 Å². The number of amides is 2. The highest BCUT2D eigenvalue weighted by Crippen LogP contribution is 2.32. The van der Waals surface area contributed by atoms with E-state index in [1.165, 1.54) is 0 Å². The summed E-state index contributed by atoms with van der Waals surface area (Å²) in [5, 5.41) is 0. The van der Waals surface area contributed by atoms with Gasteiger partial charge in [0.2, 0.25) is 11.8 Å². The second-order valence-electron chi connectivity index (χ2n) is 6.14. The Bertz CT molecular complexity index is 412. The molecule has 5 nitrogen and oxygen atoms in total. The Morgan fingerprint density at radius 3 is 2.65 bits per heavy atom. The molecule has 0 N–H and O–H groups in total. The van der Waals surface area contributed by atoms with E-state index < -0.39 is 0 Å². The Kier molecular flexibility index (Phi) is 3.71. The number of piperidine rings is 1. The third-order valence-corrected chi connectivity index (χ3v) is 5.03. The minimum Gasteiger partial charge on any atom is -0.376 e. The van der Waals surface area contributed by atoms with E-state index in [1.807, 2.05) is 23.6 Å². The van der Waals surface area contributed by atoms with Gasteiger partial charge >= 0.3 is 0 Å². The van der Waals surface area contributed by atoms with E-state index in [0.717, 1.165) is 32.2 Å². The summed E-state index contributed by atoms with van der Waals surface area (Å²) in [6.45, 7) is 5.44. The van der Waals surface area contributed by atoms with Crippen molar-refractivity contribution in [1.29, 1.82) is 0 Å². The number of fused-ring (bicyclic) bond motifs is 1. The van der Waals surface area contributed by atoms with Crippen molar-refractivity contribution in [2.24, 2.45) is 0 Å². The quantitative estimate of drug-likeness (QED) is 0.763. The molecule has 3 rings (SSSR count). The van der Waals surface area contributed by atoms with E-state index in [1.54, 1.807) is 0 Å². The van der Waals surface area contributed by atoms with Crippen molar-refractivity contribution < 1.29 is 14.3 Å². The summed E-state index contributed by atoms with van der Waals surface area (Å²) in [7, 11) is 0. The van der Waals surface area contributed by atoms with E-state index in [2.05, 4.69) is 0 Å². The summed E-state index contributed by atoms with van der Waals surface area (Å²) in [6.07, 6.45) is 4.46. The van der Waals surface area contributed by atoms with Crippen LogP contribution in [-0.2, 0) is 14.3 Å². The van der Waals surface area contributed by atoms with Gasteiger partial charge in [0.05, 0.1) is 12.1 Å². The molecule has 4 atom stereocenters. The van der Waals surface area contributed by atoms with Crippen molar-refractivity contribution in [2.75, 3.05) is 13.2 Å². The molecule has 3 heterocycles. The van der Waals surface area contributed by atoms with Crippen LogP contribution in [-0.4, -0.2) is 59.0 Å². The van der Waals surface area contributed by atoms with Gasteiger partial charge in [-0.15, -0.1) is 0 Å². The van der Waals surface area contributed by atoms with Gasteiger partial charge in [-0.25, -0.2) is 0 Å². The summed E-state index contributed by atoms with van der Waals surface area (Å²) in [5.74, 6) is 0.300. The first kappa shape index (κ1) is 13.9. The van der Waals surface area contributed by atoms with Crippen LogP contribution in [0.4, 0.5) is 0 Å². The van der Waals surface area contributed by atoms with Crippen molar-refractivity contribution in [3.05, 3.63) is 0 Å². The van der Waals surface area contributed by atoms with Crippen LogP contribution in [0.1, 0.15) is 46.0 Å². The molecule has 112 valence electrons. The molecule has 3 fully saturated rings. The Morgan fingerprint density at radius 1 is 1.20 bits per heavy atom. The first-order chi connectivity index (χ1) is 9.65. The summed E-state index contributed by atoms with van der Waals surface area (Å²) in [4.78, 5) is 29.3. The number of carbonyl (C=O) groups is 2. The molecule has 4 unspecified atom stereocenters. The Hall–Kier alpha value is -1.10. The van der Waals surface area contributed by atoms with Crippen molar-refractivity contribution in [1.82, 2.24) is 9.80 Å². The smallest absolute Gasteiger partial charge is 0.246 e. The van der Waals surface area contributed by atoms with Crippen LogP contribution >= 0.6 is 0 Å². The molecule has 0 aliphatic carbocycles. The molecule has 0 aromatic rings. The van der Waals surface area contributed by atoms with Crippen LogP contribution in [0, 0.1) is 0 Å². The second-order valence-corrected chi connectivity index (χ2v) is 6.14. The van der Waals surface area contributed by atoms with E-state index >= 15 is 0 Å². The lowest BCUT2D eigenvalue weighted by molar-refractivity contribution is -0.167. The zero-order chi connectivity index (χ0) is 14.3. The summed E-state index contributed by atoms with van der Waals surface area (Å²) in [6, 6.07) is -0.432. The molecular weight excluding hydrogens is 256 g/mol. The van der Waals surface area contributed by atoms with Gasteiger partial charge < -0.3 is 14.5 Å². The molecule has 2 amide bonds. The Morgan fingerprint density at radius 2 is 2.00 bits per heavy atom. The number of hydrogen-bond donors (Lipinski definition) is 0. The molecule has 0 saturated carbocycles. The van der Waals surface area contributed by atoms with Gasteiger partial charge in [0, 0.05) is 13.2 Å². The number of ether oxygens (including phenoxy) is 1. The molecule has 3 aliphatic rings. The van der Waals surface area contributed by atoms with Gasteiger partial charge in [0.15, 0.2) is 0 Å². The molecule has 3 aliphatic heterocycles. The lowest BCUT2D eigenvalue weighted by Crippen LogP contribution is -2.68. The van der Waals surface area contributed by atoms with E-state index in [4.69, 9.17) is 4.74 Å². The highest BCUT2D eigenvalue weighted by Gasteiger charge is 2.49. The molecule has 0 bridgehead atoms. The molecule has 5 heteroatoms. The van der Waals surface area contributed by atoms with Gasteiger partial charge in [0.1, 0.15) is 12.1 Å². The SMILES string of the molecule is CCC1C(=O)N2CCCCC2C(=O)N1C1CCOC1C. The predicted octanol–water partition coefficient (Wildman–Crippen LogP) is 1.17. The Balaban J connectivity index is 1.90. The lowest BCUT2D eigenvalue weighted by atomic mass is 9.92. The van der Waals surface area contributed by atoms with Crippen LogP contribution < -0.4 is 0 Å². The van der Waals surface area contributed by atoms with Crippen LogP contribution in [0.3, 0.4) is 0 Å². The van der Waals surface area contributed by atoms with Gasteiger partial charge in [0.25, 0.3) is 0 Å². The zero-order valence-electron chi connectivity index (χ0n) is 12.4. The minimum atomic E-state index is -0.286. The highest BCUT2D eigenvalue weighted by molar-refractivity contribution is 5.97. The fourth-order valence-electron chi connectivity index (χ4n) is 3.94. The molecule has 0 aromatic heterocycles. The standard InChI is InChI=1S/C15H24N2O3/c1-3-11-14(18)16-8-5-4-6-13(16)15(19)17(11)12-7-9-20-10(12)2/h10-13H,3-9H2,1-2H3. The monoisotopic (exact) mass is 280 g/mol. The van der Waals surface area contributed by atoms with Crippen LogP contribution in [0.25, 0.3) is 0 Å². The molecule has 3 saturated heterocycles. The van der Waals surface area contributed by atoms with Crippen molar-refractivity contribution in [3.8, 4) is 0 Å². The first-order valence-corrected chi connectivity index (χ1v) is 7.89. The van der Waals surface area contributed by atoms with Crippen LogP contribution in [0.5, 0.6) is 0 Å². The molecule has 20 heavy (non-hydrogen) atoms. The maximum atomic E-state index is 12.9. The van der Waals surface area contributed by atoms with Gasteiger partial charge in [-0.3, -0.25) is 9.59 Å². The second kappa shape index (κ2) is 5.35.